The van der Waals surface area contributed by atoms with E-state index in [1.807, 2.05) is 6.92 Å². The SMILES string of the molecule is CCc1cnc(CNc2cccc(S(C)(=O)=O)c2N)o1. The number of oxazole rings is 1. The Morgan fingerprint density at radius 3 is 2.75 bits per heavy atom. The minimum Gasteiger partial charge on any atom is -0.444 e. The highest BCUT2D eigenvalue weighted by molar-refractivity contribution is 7.90. The zero-order valence-corrected chi connectivity index (χ0v) is 12.2. The first-order valence-corrected chi connectivity index (χ1v) is 8.07. The number of anilines is 2. The van der Waals surface area contributed by atoms with Gasteiger partial charge in [-0.3, -0.25) is 0 Å². The maximum atomic E-state index is 11.6. The quantitative estimate of drug-likeness (QED) is 0.817. The first-order chi connectivity index (χ1) is 9.41. The third-order valence-electron chi connectivity index (χ3n) is 2.85. The molecule has 7 heteroatoms. The van der Waals surface area contributed by atoms with Crippen LogP contribution in [0.1, 0.15) is 18.6 Å². The largest absolute Gasteiger partial charge is 0.444 e. The van der Waals surface area contributed by atoms with Gasteiger partial charge in [0.2, 0.25) is 5.89 Å². The van der Waals surface area contributed by atoms with Crippen LogP contribution in [0.25, 0.3) is 0 Å². The highest BCUT2D eigenvalue weighted by Gasteiger charge is 2.14. The molecule has 20 heavy (non-hydrogen) atoms. The van der Waals surface area contributed by atoms with Crippen LogP contribution < -0.4 is 11.1 Å². The van der Waals surface area contributed by atoms with Crippen LogP contribution in [0.4, 0.5) is 11.4 Å². The van der Waals surface area contributed by atoms with E-state index < -0.39 is 9.84 Å². The number of sulfone groups is 1. The van der Waals surface area contributed by atoms with E-state index in [1.54, 1.807) is 18.3 Å². The van der Waals surface area contributed by atoms with Crippen molar-refractivity contribution in [2.24, 2.45) is 0 Å². The van der Waals surface area contributed by atoms with Crippen molar-refractivity contribution in [2.75, 3.05) is 17.3 Å². The zero-order valence-electron chi connectivity index (χ0n) is 11.4. The Labute approximate surface area is 117 Å². The second-order valence-electron chi connectivity index (χ2n) is 4.42. The van der Waals surface area contributed by atoms with E-state index in [2.05, 4.69) is 10.3 Å². The number of nitrogen functional groups attached to an aromatic ring is 1. The summed E-state index contributed by atoms with van der Waals surface area (Å²) in [5.41, 5.74) is 6.62. The highest BCUT2D eigenvalue weighted by Crippen LogP contribution is 2.26. The fourth-order valence-corrected chi connectivity index (χ4v) is 2.62. The number of nitrogens with two attached hydrogens (primary N) is 1. The predicted octanol–water partition coefficient (Wildman–Crippen LogP) is 1.83. The average molecular weight is 295 g/mol. The standard InChI is InChI=1S/C13H17N3O3S/c1-3-9-7-16-12(19-9)8-15-10-5-4-6-11(13(10)14)20(2,17)18/h4-7,15H,3,8,14H2,1-2H3. The minimum atomic E-state index is -3.34. The molecule has 0 atom stereocenters. The number of hydrogen-bond donors (Lipinski definition) is 2. The molecule has 0 aliphatic heterocycles. The van der Waals surface area contributed by atoms with Gasteiger partial charge in [0.15, 0.2) is 9.84 Å². The van der Waals surface area contributed by atoms with Crippen LogP contribution in [-0.4, -0.2) is 19.7 Å². The lowest BCUT2D eigenvalue weighted by molar-refractivity contribution is 0.466. The van der Waals surface area contributed by atoms with Crippen molar-refractivity contribution in [3.63, 3.8) is 0 Å². The van der Waals surface area contributed by atoms with Crippen LogP contribution in [-0.2, 0) is 22.8 Å². The number of hydrogen-bond acceptors (Lipinski definition) is 6. The van der Waals surface area contributed by atoms with Gasteiger partial charge in [0.1, 0.15) is 5.76 Å². The van der Waals surface area contributed by atoms with E-state index in [0.717, 1.165) is 18.4 Å². The Hall–Kier alpha value is -2.02. The number of para-hydroxylation sites is 1. The lowest BCUT2D eigenvalue weighted by atomic mass is 10.2. The molecule has 6 nitrogen and oxygen atoms in total. The molecule has 2 rings (SSSR count). The van der Waals surface area contributed by atoms with E-state index in [-0.39, 0.29) is 10.6 Å². The van der Waals surface area contributed by atoms with Crippen molar-refractivity contribution in [1.82, 2.24) is 4.98 Å². The van der Waals surface area contributed by atoms with Crippen LogP contribution in [0, 0.1) is 0 Å². The number of rotatable bonds is 5. The molecular formula is C13H17N3O3S. The molecule has 0 radical (unpaired) electrons. The van der Waals surface area contributed by atoms with Crippen LogP contribution in [0.5, 0.6) is 0 Å². The third-order valence-corrected chi connectivity index (χ3v) is 4.00. The van der Waals surface area contributed by atoms with Gasteiger partial charge in [0, 0.05) is 12.7 Å². The number of nitrogens with zero attached hydrogens (tertiary/aromatic N) is 1. The minimum absolute atomic E-state index is 0.115. The van der Waals surface area contributed by atoms with Crippen LogP contribution in [0.2, 0.25) is 0 Å². The van der Waals surface area contributed by atoms with Gasteiger partial charge in [-0.1, -0.05) is 13.0 Å². The lowest BCUT2D eigenvalue weighted by Gasteiger charge is -2.10. The number of aryl methyl sites for hydroxylation is 1. The van der Waals surface area contributed by atoms with Crippen LogP contribution in [0.3, 0.4) is 0 Å². The highest BCUT2D eigenvalue weighted by atomic mass is 32.2. The van der Waals surface area contributed by atoms with Gasteiger partial charge in [0.25, 0.3) is 0 Å². The summed E-state index contributed by atoms with van der Waals surface area (Å²) in [6.07, 6.45) is 3.58. The molecule has 3 N–H and O–H groups in total. The Bertz CT molecular complexity index is 707. The molecule has 1 heterocycles. The summed E-state index contributed by atoms with van der Waals surface area (Å²) in [4.78, 5) is 4.23. The molecule has 2 aromatic rings. The third kappa shape index (κ3) is 3.11. The Balaban J connectivity index is 2.18. The summed E-state index contributed by atoms with van der Waals surface area (Å²) in [7, 11) is -3.34. The van der Waals surface area contributed by atoms with E-state index in [0.29, 0.717) is 18.1 Å². The smallest absolute Gasteiger partial charge is 0.213 e. The topological polar surface area (TPSA) is 98.2 Å². The Morgan fingerprint density at radius 1 is 1.40 bits per heavy atom. The van der Waals surface area contributed by atoms with Gasteiger partial charge >= 0.3 is 0 Å². The van der Waals surface area contributed by atoms with Gasteiger partial charge in [0.05, 0.1) is 29.0 Å². The molecule has 0 saturated carbocycles. The van der Waals surface area contributed by atoms with Crippen molar-refractivity contribution >= 4 is 21.2 Å². The summed E-state index contributed by atoms with van der Waals surface area (Å²) in [6.45, 7) is 2.32. The maximum Gasteiger partial charge on any atom is 0.213 e. The zero-order chi connectivity index (χ0) is 14.8. The first-order valence-electron chi connectivity index (χ1n) is 6.17. The van der Waals surface area contributed by atoms with Gasteiger partial charge in [-0.05, 0) is 12.1 Å². The van der Waals surface area contributed by atoms with E-state index in [4.69, 9.17) is 10.2 Å². The van der Waals surface area contributed by atoms with Crippen molar-refractivity contribution in [2.45, 2.75) is 24.8 Å². The summed E-state index contributed by atoms with van der Waals surface area (Å²) in [5.74, 6) is 1.34. The Morgan fingerprint density at radius 2 is 2.15 bits per heavy atom. The average Bonchev–Trinajstić information content (AvgIpc) is 2.84. The van der Waals surface area contributed by atoms with Crippen LogP contribution in [0.15, 0.2) is 33.7 Å². The fourth-order valence-electron chi connectivity index (χ4n) is 1.79. The second-order valence-corrected chi connectivity index (χ2v) is 6.40. The monoisotopic (exact) mass is 295 g/mol. The predicted molar refractivity (Wildman–Crippen MR) is 77.2 cm³/mol. The van der Waals surface area contributed by atoms with Gasteiger partial charge in [-0.2, -0.15) is 0 Å². The lowest BCUT2D eigenvalue weighted by Crippen LogP contribution is -2.07. The molecule has 1 aromatic carbocycles. The molecule has 0 spiro atoms. The van der Waals surface area contributed by atoms with Crippen molar-refractivity contribution in [3.8, 4) is 0 Å². The van der Waals surface area contributed by atoms with Crippen molar-refractivity contribution in [1.29, 1.82) is 0 Å². The summed E-state index contributed by atoms with van der Waals surface area (Å²) < 4.78 is 28.6. The molecule has 0 fully saturated rings. The molecule has 0 aliphatic carbocycles. The molecule has 0 amide bonds. The molecule has 108 valence electrons. The van der Waals surface area contributed by atoms with Gasteiger partial charge in [-0.15, -0.1) is 0 Å². The fraction of sp³-hybridized carbons (Fsp3) is 0.308. The normalized spacial score (nSPS) is 11.5. The second kappa shape index (κ2) is 5.54. The number of nitrogens with one attached hydrogen (secondary N) is 1. The molecule has 0 bridgehead atoms. The maximum absolute atomic E-state index is 11.6. The first kappa shape index (κ1) is 14.4. The molecular weight excluding hydrogens is 278 g/mol. The van der Waals surface area contributed by atoms with Crippen LogP contribution >= 0.6 is 0 Å². The molecule has 0 unspecified atom stereocenters. The summed E-state index contributed by atoms with van der Waals surface area (Å²) >= 11 is 0. The number of benzene rings is 1. The van der Waals surface area contributed by atoms with Crippen molar-refractivity contribution < 1.29 is 12.8 Å². The number of aromatic nitrogens is 1. The van der Waals surface area contributed by atoms with E-state index >= 15 is 0 Å². The molecule has 0 saturated heterocycles. The molecule has 1 aromatic heterocycles. The molecule has 0 aliphatic rings. The van der Waals surface area contributed by atoms with E-state index in [9.17, 15) is 8.42 Å². The van der Waals surface area contributed by atoms with E-state index in [1.165, 1.54) is 6.07 Å². The van der Waals surface area contributed by atoms with Gasteiger partial charge < -0.3 is 15.5 Å². The van der Waals surface area contributed by atoms with Gasteiger partial charge in [-0.25, -0.2) is 13.4 Å². The Kier molecular flexibility index (Phi) is 3.99. The summed E-state index contributed by atoms with van der Waals surface area (Å²) in [6, 6.07) is 4.84. The van der Waals surface area contributed by atoms with Crippen molar-refractivity contribution in [3.05, 3.63) is 36.0 Å². The summed E-state index contributed by atoms with van der Waals surface area (Å²) in [5, 5.41) is 3.03.